The molecule has 0 spiro atoms. The molecular formula is C20H26N4O3S. The van der Waals surface area contributed by atoms with E-state index in [2.05, 4.69) is 10.2 Å². The Morgan fingerprint density at radius 2 is 1.89 bits per heavy atom. The van der Waals surface area contributed by atoms with Gasteiger partial charge in [0.2, 0.25) is 5.91 Å². The summed E-state index contributed by atoms with van der Waals surface area (Å²) in [6, 6.07) is 9.86. The monoisotopic (exact) mass is 402 g/mol. The predicted molar refractivity (Wildman–Crippen MR) is 108 cm³/mol. The van der Waals surface area contributed by atoms with Crippen LogP contribution in [0.2, 0.25) is 0 Å². The fraction of sp³-hybridized carbons (Fsp3) is 0.500. The lowest BCUT2D eigenvalue weighted by Crippen LogP contribution is -2.43. The van der Waals surface area contributed by atoms with Gasteiger partial charge in [-0.1, -0.05) is 42.1 Å². The molecule has 8 heteroatoms. The van der Waals surface area contributed by atoms with Crippen LogP contribution < -0.4 is 0 Å². The van der Waals surface area contributed by atoms with Crippen molar-refractivity contribution in [3.8, 4) is 11.4 Å². The highest BCUT2D eigenvalue weighted by atomic mass is 32.2. The molecule has 3 rings (SSSR count). The van der Waals surface area contributed by atoms with Gasteiger partial charge in [0, 0.05) is 25.7 Å². The van der Waals surface area contributed by atoms with Crippen molar-refractivity contribution in [1.29, 1.82) is 0 Å². The fourth-order valence-corrected chi connectivity index (χ4v) is 4.22. The van der Waals surface area contributed by atoms with E-state index in [-0.39, 0.29) is 23.0 Å². The molecule has 1 atom stereocenters. The second-order valence-electron chi connectivity index (χ2n) is 6.84. The molecule has 1 unspecified atom stereocenters. The van der Waals surface area contributed by atoms with E-state index in [1.54, 1.807) is 0 Å². The fourth-order valence-electron chi connectivity index (χ4n) is 3.32. The van der Waals surface area contributed by atoms with E-state index in [0.717, 1.165) is 11.4 Å². The Bertz CT molecular complexity index is 816. The Labute approximate surface area is 169 Å². The summed E-state index contributed by atoms with van der Waals surface area (Å²) in [7, 11) is 1.91. The van der Waals surface area contributed by atoms with E-state index < -0.39 is 0 Å². The van der Waals surface area contributed by atoms with Gasteiger partial charge >= 0.3 is 5.97 Å². The maximum absolute atomic E-state index is 12.8. The van der Waals surface area contributed by atoms with E-state index >= 15 is 0 Å². The highest BCUT2D eigenvalue weighted by Gasteiger charge is 2.31. The van der Waals surface area contributed by atoms with Crippen molar-refractivity contribution in [2.45, 2.75) is 37.1 Å². The molecule has 7 nitrogen and oxygen atoms in total. The largest absolute Gasteiger partial charge is 0.466 e. The standard InChI is InChI=1S/C20H26N4O3S/c1-4-27-19(26)16-10-12-24(13-11-16)18(25)14(2)28-20-22-21-17(23(20)3)15-8-6-5-7-9-15/h5-9,14,16H,4,10-13H2,1-3H3. The molecule has 1 amide bonds. The van der Waals surface area contributed by atoms with Gasteiger partial charge in [-0.05, 0) is 26.7 Å². The minimum atomic E-state index is -0.273. The zero-order valence-corrected chi connectivity index (χ0v) is 17.3. The molecule has 2 heterocycles. The molecule has 0 radical (unpaired) electrons. The van der Waals surface area contributed by atoms with Crippen LogP contribution in [0.5, 0.6) is 0 Å². The highest BCUT2D eigenvalue weighted by Crippen LogP contribution is 2.28. The van der Waals surface area contributed by atoms with Gasteiger partial charge < -0.3 is 14.2 Å². The van der Waals surface area contributed by atoms with E-state index in [1.165, 1.54) is 11.8 Å². The number of hydrogen-bond acceptors (Lipinski definition) is 6. The first-order valence-electron chi connectivity index (χ1n) is 9.58. The molecule has 2 aromatic rings. The summed E-state index contributed by atoms with van der Waals surface area (Å²) in [5.74, 6) is 0.596. The van der Waals surface area contributed by atoms with Crippen LogP contribution in [0, 0.1) is 5.92 Å². The number of rotatable bonds is 6. The van der Waals surface area contributed by atoms with Gasteiger partial charge in [-0.2, -0.15) is 0 Å². The SMILES string of the molecule is CCOC(=O)C1CCN(C(=O)C(C)Sc2nnc(-c3ccccc3)n2C)CC1. The molecule has 0 bridgehead atoms. The zero-order chi connectivity index (χ0) is 20.1. The minimum Gasteiger partial charge on any atom is -0.466 e. The lowest BCUT2D eigenvalue weighted by molar-refractivity contribution is -0.151. The van der Waals surface area contributed by atoms with Gasteiger partial charge in [0.1, 0.15) is 0 Å². The topological polar surface area (TPSA) is 77.3 Å². The lowest BCUT2D eigenvalue weighted by Gasteiger charge is -2.32. The molecule has 1 aliphatic rings. The van der Waals surface area contributed by atoms with Crippen molar-refractivity contribution in [2.24, 2.45) is 13.0 Å². The van der Waals surface area contributed by atoms with E-state index in [0.29, 0.717) is 37.7 Å². The second-order valence-corrected chi connectivity index (χ2v) is 8.15. The number of amides is 1. The predicted octanol–water partition coefficient (Wildman–Crippen LogP) is 2.76. The quantitative estimate of drug-likeness (QED) is 0.546. The van der Waals surface area contributed by atoms with Crippen LogP contribution in [-0.4, -0.2) is 56.5 Å². The van der Waals surface area contributed by atoms with Gasteiger partial charge in [0.05, 0.1) is 17.8 Å². The van der Waals surface area contributed by atoms with Crippen LogP contribution in [0.1, 0.15) is 26.7 Å². The van der Waals surface area contributed by atoms with Gasteiger partial charge in [-0.15, -0.1) is 10.2 Å². The van der Waals surface area contributed by atoms with Crippen LogP contribution in [-0.2, 0) is 21.4 Å². The molecule has 1 aliphatic heterocycles. The maximum atomic E-state index is 12.8. The number of carbonyl (C=O) groups is 2. The van der Waals surface area contributed by atoms with Gasteiger partial charge in [0.15, 0.2) is 11.0 Å². The first-order valence-corrected chi connectivity index (χ1v) is 10.5. The van der Waals surface area contributed by atoms with Crippen molar-refractivity contribution in [3.05, 3.63) is 30.3 Å². The molecular weight excluding hydrogens is 376 g/mol. The molecule has 1 fully saturated rings. The third-order valence-electron chi connectivity index (χ3n) is 4.92. The third-order valence-corrected chi connectivity index (χ3v) is 6.04. The summed E-state index contributed by atoms with van der Waals surface area (Å²) in [6.07, 6.45) is 1.31. The van der Waals surface area contributed by atoms with Gasteiger partial charge in [-0.3, -0.25) is 9.59 Å². The Morgan fingerprint density at radius 3 is 2.54 bits per heavy atom. The van der Waals surface area contributed by atoms with Gasteiger partial charge in [0.25, 0.3) is 0 Å². The Hall–Kier alpha value is -2.35. The molecule has 1 aromatic carbocycles. The van der Waals surface area contributed by atoms with Crippen molar-refractivity contribution in [2.75, 3.05) is 19.7 Å². The number of aromatic nitrogens is 3. The minimum absolute atomic E-state index is 0.0663. The number of esters is 1. The number of thioether (sulfide) groups is 1. The van der Waals surface area contributed by atoms with Crippen molar-refractivity contribution < 1.29 is 14.3 Å². The lowest BCUT2D eigenvalue weighted by atomic mass is 9.97. The van der Waals surface area contributed by atoms with E-state index in [9.17, 15) is 9.59 Å². The van der Waals surface area contributed by atoms with Crippen LogP contribution >= 0.6 is 11.8 Å². The van der Waals surface area contributed by atoms with Crippen LogP contribution in [0.15, 0.2) is 35.5 Å². The molecule has 1 aromatic heterocycles. The van der Waals surface area contributed by atoms with Crippen LogP contribution in [0.3, 0.4) is 0 Å². The molecule has 0 N–H and O–H groups in total. The number of ether oxygens (including phenoxy) is 1. The summed E-state index contributed by atoms with van der Waals surface area (Å²) in [5, 5.41) is 8.97. The van der Waals surface area contributed by atoms with Crippen LogP contribution in [0.25, 0.3) is 11.4 Å². The first-order chi connectivity index (χ1) is 13.5. The average Bonchev–Trinajstić information content (AvgIpc) is 3.08. The summed E-state index contributed by atoms with van der Waals surface area (Å²) < 4.78 is 7.00. The molecule has 0 aliphatic carbocycles. The highest BCUT2D eigenvalue weighted by molar-refractivity contribution is 8.00. The normalized spacial score (nSPS) is 16.0. The van der Waals surface area contributed by atoms with Crippen molar-refractivity contribution in [3.63, 3.8) is 0 Å². The summed E-state index contributed by atoms with van der Waals surface area (Å²) in [5.41, 5.74) is 0.990. The third kappa shape index (κ3) is 4.55. The van der Waals surface area contributed by atoms with Crippen LogP contribution in [0.4, 0.5) is 0 Å². The number of likely N-dealkylation sites (tertiary alicyclic amines) is 1. The Morgan fingerprint density at radius 1 is 1.21 bits per heavy atom. The number of nitrogens with zero attached hydrogens (tertiary/aromatic N) is 4. The molecule has 1 saturated heterocycles. The average molecular weight is 403 g/mol. The summed E-state index contributed by atoms with van der Waals surface area (Å²) in [4.78, 5) is 26.5. The van der Waals surface area contributed by atoms with E-state index in [4.69, 9.17) is 4.74 Å². The Kier molecular flexibility index (Phi) is 6.72. The first kappa shape index (κ1) is 20.4. The summed E-state index contributed by atoms with van der Waals surface area (Å²) in [6.45, 7) is 5.27. The zero-order valence-electron chi connectivity index (χ0n) is 16.5. The number of piperidine rings is 1. The molecule has 28 heavy (non-hydrogen) atoms. The second kappa shape index (κ2) is 9.23. The Balaban J connectivity index is 1.58. The number of carbonyl (C=O) groups excluding carboxylic acids is 2. The molecule has 0 saturated carbocycles. The van der Waals surface area contributed by atoms with Gasteiger partial charge in [-0.25, -0.2) is 0 Å². The maximum Gasteiger partial charge on any atom is 0.309 e. The van der Waals surface area contributed by atoms with E-state index in [1.807, 2.05) is 60.7 Å². The number of benzene rings is 1. The smallest absolute Gasteiger partial charge is 0.309 e. The van der Waals surface area contributed by atoms with Crippen molar-refractivity contribution >= 4 is 23.6 Å². The summed E-state index contributed by atoms with van der Waals surface area (Å²) >= 11 is 1.41. The number of hydrogen-bond donors (Lipinski definition) is 0. The van der Waals surface area contributed by atoms with Crippen molar-refractivity contribution in [1.82, 2.24) is 19.7 Å². The molecule has 150 valence electrons.